The Hall–Kier alpha value is -0.540. The van der Waals surface area contributed by atoms with E-state index in [2.05, 4.69) is 22.0 Å². The third-order valence-corrected chi connectivity index (χ3v) is 4.03. The van der Waals surface area contributed by atoms with Crippen LogP contribution in [0, 0.1) is 0 Å². The maximum Gasteiger partial charge on any atom is 0.133 e. The predicted octanol–water partition coefficient (Wildman–Crippen LogP) is 2.92. The van der Waals surface area contributed by atoms with Gasteiger partial charge in [0, 0.05) is 6.04 Å². The molecule has 0 radical (unpaired) electrons. The maximum absolute atomic E-state index is 10.1. The predicted molar refractivity (Wildman–Crippen MR) is 69.8 cm³/mol. The van der Waals surface area contributed by atoms with Crippen LogP contribution in [0.1, 0.15) is 36.5 Å². The molecule has 1 aromatic rings. The molecule has 0 amide bonds. The zero-order chi connectivity index (χ0) is 11.7. The van der Waals surface area contributed by atoms with Crippen molar-refractivity contribution in [2.45, 2.75) is 45.1 Å². The van der Waals surface area contributed by atoms with Crippen LogP contribution in [0.5, 0.6) is 5.75 Å². The van der Waals surface area contributed by atoms with E-state index in [1.807, 2.05) is 6.92 Å². The van der Waals surface area contributed by atoms with Crippen LogP contribution in [0.2, 0.25) is 0 Å². The van der Waals surface area contributed by atoms with Crippen molar-refractivity contribution in [2.75, 3.05) is 0 Å². The van der Waals surface area contributed by atoms with E-state index in [9.17, 15) is 5.11 Å². The van der Waals surface area contributed by atoms with Gasteiger partial charge in [-0.15, -0.1) is 0 Å². The summed E-state index contributed by atoms with van der Waals surface area (Å²) in [7, 11) is 0. The minimum absolute atomic E-state index is 0.0828. The van der Waals surface area contributed by atoms with Gasteiger partial charge >= 0.3 is 0 Å². The van der Waals surface area contributed by atoms with Crippen molar-refractivity contribution >= 4 is 15.9 Å². The Kier molecular flexibility index (Phi) is 3.55. The van der Waals surface area contributed by atoms with Crippen LogP contribution in [-0.2, 0) is 19.3 Å². The van der Waals surface area contributed by atoms with Crippen LogP contribution in [0.4, 0.5) is 0 Å². The Balaban J connectivity index is 2.44. The average Bonchev–Trinajstić information content (AvgIpc) is 2.25. The number of benzene rings is 1. The van der Waals surface area contributed by atoms with Gasteiger partial charge in [0.1, 0.15) is 5.75 Å². The number of aryl methyl sites for hydroxylation is 1. The lowest BCUT2D eigenvalue weighted by Gasteiger charge is -2.20. The molecule has 1 aromatic carbocycles. The summed E-state index contributed by atoms with van der Waals surface area (Å²) in [6, 6.07) is 2.22. The lowest BCUT2D eigenvalue weighted by Crippen LogP contribution is -2.18. The Morgan fingerprint density at radius 2 is 2.12 bits per heavy atom. The molecule has 0 bridgehead atoms. The number of fused-ring (bicyclic) bond motifs is 1. The summed E-state index contributed by atoms with van der Waals surface area (Å²) in [6.45, 7) is 1.97. The standard InChI is InChI=1S/C13H18BrNO/c1-8(15)6-10-7-9-4-2-3-5-11(9)12(14)13(10)16/h7-8,16H,2-6,15H2,1H3. The average molecular weight is 284 g/mol. The SMILES string of the molecule is CC(N)Cc1cc2c(c(Br)c1O)CCCC2. The molecule has 1 aliphatic rings. The van der Waals surface area contributed by atoms with Gasteiger partial charge in [0.2, 0.25) is 0 Å². The normalized spacial score (nSPS) is 16.9. The third kappa shape index (κ3) is 2.25. The number of phenolic OH excluding ortho intramolecular Hbond substituents is 1. The van der Waals surface area contributed by atoms with Crippen molar-refractivity contribution in [3.05, 3.63) is 27.2 Å². The highest BCUT2D eigenvalue weighted by atomic mass is 79.9. The number of rotatable bonds is 2. The topological polar surface area (TPSA) is 46.2 Å². The summed E-state index contributed by atoms with van der Waals surface area (Å²) in [6.07, 6.45) is 5.40. The van der Waals surface area contributed by atoms with Gasteiger partial charge in [0.15, 0.2) is 0 Å². The van der Waals surface area contributed by atoms with Crippen LogP contribution in [-0.4, -0.2) is 11.1 Å². The van der Waals surface area contributed by atoms with Gasteiger partial charge < -0.3 is 10.8 Å². The highest BCUT2D eigenvalue weighted by molar-refractivity contribution is 9.10. The second-order valence-corrected chi connectivity index (χ2v) is 5.52. The molecule has 1 unspecified atom stereocenters. The summed E-state index contributed by atoms with van der Waals surface area (Å²) >= 11 is 3.52. The van der Waals surface area contributed by atoms with E-state index >= 15 is 0 Å². The van der Waals surface area contributed by atoms with Gasteiger partial charge in [-0.1, -0.05) is 6.07 Å². The van der Waals surface area contributed by atoms with E-state index in [0.29, 0.717) is 5.75 Å². The zero-order valence-corrected chi connectivity index (χ0v) is 11.2. The first-order valence-electron chi connectivity index (χ1n) is 5.87. The lowest BCUT2D eigenvalue weighted by molar-refractivity contribution is 0.459. The van der Waals surface area contributed by atoms with E-state index in [-0.39, 0.29) is 6.04 Å². The maximum atomic E-state index is 10.1. The van der Waals surface area contributed by atoms with Crippen molar-refractivity contribution in [2.24, 2.45) is 5.73 Å². The van der Waals surface area contributed by atoms with E-state index in [1.54, 1.807) is 0 Å². The van der Waals surface area contributed by atoms with Gasteiger partial charge in [-0.3, -0.25) is 0 Å². The molecule has 0 spiro atoms. The van der Waals surface area contributed by atoms with Crippen LogP contribution in [0.25, 0.3) is 0 Å². The first kappa shape index (κ1) is 11.9. The highest BCUT2D eigenvalue weighted by Gasteiger charge is 2.18. The van der Waals surface area contributed by atoms with Crippen LogP contribution < -0.4 is 5.73 Å². The van der Waals surface area contributed by atoms with Gasteiger partial charge in [0.25, 0.3) is 0 Å². The Bertz CT molecular complexity index is 401. The van der Waals surface area contributed by atoms with Gasteiger partial charge in [0.05, 0.1) is 4.47 Å². The summed E-state index contributed by atoms with van der Waals surface area (Å²) < 4.78 is 0.889. The first-order valence-corrected chi connectivity index (χ1v) is 6.66. The molecule has 1 aliphatic carbocycles. The summed E-state index contributed by atoms with van der Waals surface area (Å²) in [5, 5.41) is 10.1. The molecule has 2 nitrogen and oxygen atoms in total. The molecular formula is C13H18BrNO. The third-order valence-electron chi connectivity index (χ3n) is 3.18. The van der Waals surface area contributed by atoms with Crippen molar-refractivity contribution < 1.29 is 5.11 Å². The van der Waals surface area contributed by atoms with E-state index < -0.39 is 0 Å². The molecule has 2 rings (SSSR count). The molecule has 3 N–H and O–H groups in total. The van der Waals surface area contributed by atoms with Gasteiger partial charge in [-0.05, 0) is 71.6 Å². The van der Waals surface area contributed by atoms with Crippen molar-refractivity contribution in [3.63, 3.8) is 0 Å². The monoisotopic (exact) mass is 283 g/mol. The summed E-state index contributed by atoms with van der Waals surface area (Å²) in [4.78, 5) is 0. The Morgan fingerprint density at radius 1 is 1.44 bits per heavy atom. The summed E-state index contributed by atoms with van der Waals surface area (Å²) in [5.41, 5.74) is 9.44. The lowest BCUT2D eigenvalue weighted by atomic mass is 9.89. The molecule has 0 heterocycles. The second-order valence-electron chi connectivity index (χ2n) is 4.72. The van der Waals surface area contributed by atoms with Crippen LogP contribution in [0.15, 0.2) is 10.5 Å². The summed E-state index contributed by atoms with van der Waals surface area (Å²) in [5.74, 6) is 0.387. The fourth-order valence-corrected chi connectivity index (χ4v) is 3.11. The first-order chi connectivity index (χ1) is 7.59. The molecule has 1 atom stereocenters. The number of nitrogens with two attached hydrogens (primary N) is 1. The minimum Gasteiger partial charge on any atom is -0.506 e. The molecule has 0 saturated heterocycles. The van der Waals surface area contributed by atoms with Crippen LogP contribution >= 0.6 is 15.9 Å². The highest BCUT2D eigenvalue weighted by Crippen LogP contribution is 2.37. The molecule has 88 valence electrons. The van der Waals surface area contributed by atoms with E-state index in [0.717, 1.165) is 29.3 Å². The number of hydrogen-bond acceptors (Lipinski definition) is 2. The smallest absolute Gasteiger partial charge is 0.133 e. The fraction of sp³-hybridized carbons (Fsp3) is 0.538. The quantitative estimate of drug-likeness (QED) is 0.877. The fourth-order valence-electron chi connectivity index (χ4n) is 2.40. The second kappa shape index (κ2) is 4.76. The van der Waals surface area contributed by atoms with Crippen LogP contribution in [0.3, 0.4) is 0 Å². The largest absolute Gasteiger partial charge is 0.506 e. The number of phenols is 1. The zero-order valence-electron chi connectivity index (χ0n) is 9.59. The number of hydrogen-bond donors (Lipinski definition) is 2. The number of halogens is 1. The molecule has 0 aliphatic heterocycles. The molecule has 0 saturated carbocycles. The Morgan fingerprint density at radius 3 is 2.81 bits per heavy atom. The van der Waals surface area contributed by atoms with E-state index in [1.165, 1.54) is 24.0 Å². The van der Waals surface area contributed by atoms with E-state index in [4.69, 9.17) is 5.73 Å². The molecule has 3 heteroatoms. The van der Waals surface area contributed by atoms with Crippen molar-refractivity contribution in [1.29, 1.82) is 0 Å². The minimum atomic E-state index is 0.0828. The van der Waals surface area contributed by atoms with Crippen molar-refractivity contribution in [3.8, 4) is 5.75 Å². The van der Waals surface area contributed by atoms with Crippen molar-refractivity contribution in [1.82, 2.24) is 0 Å². The van der Waals surface area contributed by atoms with Gasteiger partial charge in [-0.25, -0.2) is 0 Å². The van der Waals surface area contributed by atoms with Gasteiger partial charge in [-0.2, -0.15) is 0 Å². The Labute approximate surface area is 105 Å². The molecular weight excluding hydrogens is 266 g/mol. The number of aromatic hydroxyl groups is 1. The molecule has 16 heavy (non-hydrogen) atoms. The molecule has 0 fully saturated rings. The molecule has 0 aromatic heterocycles.